The Bertz CT molecular complexity index is 2400. The maximum atomic E-state index is 5.26. The molecular formula is C41H29N3. The van der Waals surface area contributed by atoms with Crippen LogP contribution in [0.3, 0.4) is 0 Å². The van der Waals surface area contributed by atoms with Gasteiger partial charge in [-0.25, -0.2) is 9.97 Å². The molecule has 0 unspecified atom stereocenters. The summed E-state index contributed by atoms with van der Waals surface area (Å²) in [7, 11) is 0. The Labute approximate surface area is 256 Å². The first-order chi connectivity index (χ1) is 21.6. The van der Waals surface area contributed by atoms with Crippen LogP contribution in [0.25, 0.3) is 72.2 Å². The van der Waals surface area contributed by atoms with Crippen molar-refractivity contribution >= 4 is 32.6 Å². The molecule has 6 aromatic carbocycles. The van der Waals surface area contributed by atoms with Crippen molar-refractivity contribution in [3.05, 3.63) is 151 Å². The lowest BCUT2D eigenvalue weighted by Crippen LogP contribution is -2.14. The fourth-order valence-corrected chi connectivity index (χ4v) is 7.41. The van der Waals surface area contributed by atoms with Gasteiger partial charge in [0.05, 0.1) is 28.1 Å². The summed E-state index contributed by atoms with van der Waals surface area (Å²) in [5.41, 5.74) is 11.7. The van der Waals surface area contributed by atoms with Crippen molar-refractivity contribution in [1.82, 2.24) is 14.5 Å². The molecule has 3 nitrogen and oxygen atoms in total. The number of hydrogen-bond acceptors (Lipinski definition) is 2. The summed E-state index contributed by atoms with van der Waals surface area (Å²) >= 11 is 0. The monoisotopic (exact) mass is 563 g/mol. The zero-order valence-electron chi connectivity index (χ0n) is 24.6. The van der Waals surface area contributed by atoms with Crippen molar-refractivity contribution in [3.63, 3.8) is 0 Å². The summed E-state index contributed by atoms with van der Waals surface area (Å²) in [6.45, 7) is 4.72. The van der Waals surface area contributed by atoms with Crippen LogP contribution in [0, 0.1) is 0 Å². The van der Waals surface area contributed by atoms with Gasteiger partial charge in [-0.05, 0) is 29.3 Å². The van der Waals surface area contributed by atoms with Crippen LogP contribution >= 0.6 is 0 Å². The number of para-hydroxylation sites is 1. The molecule has 0 aliphatic heterocycles. The Kier molecular flexibility index (Phi) is 5.24. The molecule has 0 saturated heterocycles. The van der Waals surface area contributed by atoms with Gasteiger partial charge in [0.2, 0.25) is 0 Å². The average molecular weight is 564 g/mol. The van der Waals surface area contributed by atoms with Gasteiger partial charge in [0.25, 0.3) is 0 Å². The van der Waals surface area contributed by atoms with Crippen molar-refractivity contribution in [2.45, 2.75) is 19.3 Å². The third-order valence-electron chi connectivity index (χ3n) is 9.38. The standard InChI is InChI=1S/C41H29N3/c1-41(2)33-21-11-9-18-30(33)39-36(41)31-19-10-12-22-35(31)44(39)34-23-13-20-29-28(34)24-25-32-37(26-14-5-3-6-15-26)42-40(43-38(29)32)27-16-7-4-8-17-27/h3-25H,1-2H3. The fraction of sp³-hybridized carbons (Fsp3) is 0.0732. The maximum absolute atomic E-state index is 5.26. The molecule has 0 atom stereocenters. The van der Waals surface area contributed by atoms with Crippen LogP contribution in [0.2, 0.25) is 0 Å². The van der Waals surface area contributed by atoms with E-state index in [0.29, 0.717) is 0 Å². The quantitative estimate of drug-likeness (QED) is 0.200. The molecule has 0 spiro atoms. The van der Waals surface area contributed by atoms with E-state index in [2.05, 4.69) is 134 Å². The van der Waals surface area contributed by atoms with Crippen molar-refractivity contribution in [1.29, 1.82) is 0 Å². The van der Waals surface area contributed by atoms with Gasteiger partial charge < -0.3 is 4.57 Å². The molecule has 0 N–H and O–H groups in total. The molecule has 9 rings (SSSR count). The zero-order valence-corrected chi connectivity index (χ0v) is 24.6. The molecular weight excluding hydrogens is 534 g/mol. The molecule has 208 valence electrons. The number of hydrogen-bond donors (Lipinski definition) is 0. The fourth-order valence-electron chi connectivity index (χ4n) is 7.41. The van der Waals surface area contributed by atoms with Crippen LogP contribution in [0.5, 0.6) is 0 Å². The normalized spacial score (nSPS) is 13.4. The Morgan fingerprint density at radius 3 is 2.00 bits per heavy atom. The Morgan fingerprint density at radius 2 is 1.18 bits per heavy atom. The van der Waals surface area contributed by atoms with Crippen molar-refractivity contribution in [3.8, 4) is 39.6 Å². The Hall–Kier alpha value is -5.54. The van der Waals surface area contributed by atoms with Crippen LogP contribution < -0.4 is 0 Å². The molecule has 2 aromatic heterocycles. The summed E-state index contributed by atoms with van der Waals surface area (Å²) in [6, 6.07) is 49.6. The van der Waals surface area contributed by atoms with E-state index in [-0.39, 0.29) is 5.41 Å². The highest BCUT2D eigenvalue weighted by Gasteiger charge is 2.40. The smallest absolute Gasteiger partial charge is 0.160 e. The Balaban J connectivity index is 1.39. The average Bonchev–Trinajstić information content (AvgIpc) is 3.55. The zero-order chi connectivity index (χ0) is 29.4. The summed E-state index contributed by atoms with van der Waals surface area (Å²) in [4.78, 5) is 10.4. The van der Waals surface area contributed by atoms with E-state index in [4.69, 9.17) is 9.97 Å². The van der Waals surface area contributed by atoms with Gasteiger partial charge >= 0.3 is 0 Å². The van der Waals surface area contributed by atoms with Gasteiger partial charge in [-0.15, -0.1) is 0 Å². The van der Waals surface area contributed by atoms with Crippen LogP contribution in [0.1, 0.15) is 25.0 Å². The van der Waals surface area contributed by atoms with Gasteiger partial charge in [-0.2, -0.15) is 0 Å². The number of benzene rings is 6. The highest BCUT2D eigenvalue weighted by Crippen LogP contribution is 2.54. The van der Waals surface area contributed by atoms with Crippen LogP contribution in [-0.2, 0) is 5.41 Å². The first-order valence-electron chi connectivity index (χ1n) is 15.2. The van der Waals surface area contributed by atoms with Crippen molar-refractivity contribution in [2.75, 3.05) is 0 Å². The van der Waals surface area contributed by atoms with E-state index in [1.54, 1.807) is 0 Å². The maximum Gasteiger partial charge on any atom is 0.160 e. The third kappa shape index (κ3) is 3.44. The first-order valence-corrected chi connectivity index (χ1v) is 15.2. The van der Waals surface area contributed by atoms with Gasteiger partial charge in [-0.3, -0.25) is 0 Å². The number of nitrogens with zero attached hydrogens (tertiary/aromatic N) is 3. The lowest BCUT2D eigenvalue weighted by Gasteiger charge is -2.21. The summed E-state index contributed by atoms with van der Waals surface area (Å²) in [5, 5.41) is 4.65. The Morgan fingerprint density at radius 1 is 0.523 bits per heavy atom. The molecule has 0 radical (unpaired) electrons. The largest absolute Gasteiger partial charge is 0.308 e. The summed E-state index contributed by atoms with van der Waals surface area (Å²) in [5.74, 6) is 0.734. The predicted octanol–water partition coefficient (Wildman–Crippen LogP) is 10.4. The second-order valence-electron chi connectivity index (χ2n) is 12.2. The van der Waals surface area contributed by atoms with Gasteiger partial charge in [-0.1, -0.05) is 135 Å². The van der Waals surface area contributed by atoms with E-state index in [0.717, 1.165) is 44.6 Å². The van der Waals surface area contributed by atoms with Crippen molar-refractivity contribution in [2.24, 2.45) is 0 Å². The van der Waals surface area contributed by atoms with E-state index in [1.165, 1.54) is 38.7 Å². The van der Waals surface area contributed by atoms with Crippen LogP contribution in [0.4, 0.5) is 0 Å². The lowest BCUT2D eigenvalue weighted by molar-refractivity contribution is 0.666. The van der Waals surface area contributed by atoms with Crippen molar-refractivity contribution < 1.29 is 0 Å². The molecule has 2 heterocycles. The van der Waals surface area contributed by atoms with Crippen LogP contribution in [0.15, 0.2) is 140 Å². The van der Waals surface area contributed by atoms with E-state index >= 15 is 0 Å². The highest BCUT2D eigenvalue weighted by molar-refractivity contribution is 6.13. The molecule has 0 bridgehead atoms. The molecule has 1 aliphatic rings. The molecule has 0 fully saturated rings. The first kappa shape index (κ1) is 25.0. The van der Waals surface area contributed by atoms with E-state index < -0.39 is 0 Å². The van der Waals surface area contributed by atoms with Crippen LogP contribution in [-0.4, -0.2) is 14.5 Å². The molecule has 0 saturated carbocycles. The lowest BCUT2D eigenvalue weighted by atomic mass is 9.81. The highest BCUT2D eigenvalue weighted by atomic mass is 15.0. The second-order valence-corrected chi connectivity index (χ2v) is 12.2. The second kappa shape index (κ2) is 9.23. The molecule has 3 heteroatoms. The third-order valence-corrected chi connectivity index (χ3v) is 9.38. The molecule has 8 aromatic rings. The molecule has 1 aliphatic carbocycles. The number of rotatable bonds is 3. The number of fused-ring (bicyclic) bond motifs is 8. The van der Waals surface area contributed by atoms with Gasteiger partial charge in [0.1, 0.15) is 0 Å². The summed E-state index contributed by atoms with van der Waals surface area (Å²) < 4.78 is 2.49. The minimum atomic E-state index is -0.101. The van der Waals surface area contributed by atoms with Gasteiger partial charge in [0.15, 0.2) is 5.82 Å². The SMILES string of the molecule is CC1(C)c2ccccc2-c2c1c1ccccc1n2-c1cccc2c1ccc1c(-c3ccccc3)nc(-c3ccccc3)nc12. The molecule has 44 heavy (non-hydrogen) atoms. The number of aromatic nitrogens is 3. The van der Waals surface area contributed by atoms with E-state index in [1.807, 2.05) is 24.3 Å². The molecule has 0 amide bonds. The summed E-state index contributed by atoms with van der Waals surface area (Å²) in [6.07, 6.45) is 0. The van der Waals surface area contributed by atoms with E-state index in [9.17, 15) is 0 Å². The minimum Gasteiger partial charge on any atom is -0.308 e. The minimum absolute atomic E-state index is 0.101. The topological polar surface area (TPSA) is 30.7 Å². The van der Waals surface area contributed by atoms with Gasteiger partial charge in [0, 0.05) is 43.7 Å². The predicted molar refractivity (Wildman–Crippen MR) is 182 cm³/mol.